The summed E-state index contributed by atoms with van der Waals surface area (Å²) in [5, 5.41) is 7.57. The topological polar surface area (TPSA) is 61.4 Å². The van der Waals surface area contributed by atoms with Crippen molar-refractivity contribution >= 4 is 16.9 Å². The second-order valence-corrected chi connectivity index (χ2v) is 5.65. The summed E-state index contributed by atoms with van der Waals surface area (Å²) in [7, 11) is 1.75. The molecular formula is C18H27FN4O. The predicted octanol–water partition coefficient (Wildman–Crippen LogP) is 2.83. The van der Waals surface area contributed by atoms with E-state index in [1.165, 1.54) is 12.1 Å². The van der Waals surface area contributed by atoms with Gasteiger partial charge in [0.1, 0.15) is 5.82 Å². The molecule has 24 heavy (non-hydrogen) atoms. The molecule has 0 amide bonds. The number of fused-ring (bicyclic) bond motifs is 1. The molecule has 0 aliphatic rings. The lowest BCUT2D eigenvalue weighted by molar-refractivity contribution is 0.136. The monoisotopic (exact) mass is 334 g/mol. The first-order valence-electron chi connectivity index (χ1n) is 8.52. The van der Waals surface area contributed by atoms with E-state index in [4.69, 9.17) is 4.74 Å². The number of aromatic amines is 1. The summed E-state index contributed by atoms with van der Waals surface area (Å²) in [5.74, 6) is 0.541. The number of nitrogens with zero attached hydrogens (tertiary/aromatic N) is 1. The predicted molar refractivity (Wildman–Crippen MR) is 97.1 cm³/mol. The summed E-state index contributed by atoms with van der Waals surface area (Å²) in [5.41, 5.74) is 1.99. The highest BCUT2D eigenvalue weighted by atomic mass is 19.1. The van der Waals surface area contributed by atoms with Gasteiger partial charge in [-0.1, -0.05) is 13.3 Å². The maximum absolute atomic E-state index is 13.2. The molecule has 1 heterocycles. The number of aromatic nitrogens is 1. The maximum atomic E-state index is 13.2. The lowest BCUT2D eigenvalue weighted by Crippen LogP contribution is -2.39. The highest BCUT2D eigenvalue weighted by molar-refractivity contribution is 5.83. The van der Waals surface area contributed by atoms with E-state index in [0.29, 0.717) is 6.61 Å². The average Bonchev–Trinajstić information content (AvgIpc) is 2.98. The molecule has 0 spiro atoms. The number of ether oxygens (including phenoxy) is 1. The van der Waals surface area contributed by atoms with Crippen LogP contribution >= 0.6 is 0 Å². The quantitative estimate of drug-likeness (QED) is 0.375. The summed E-state index contributed by atoms with van der Waals surface area (Å²) in [6.07, 6.45) is 5.02. The van der Waals surface area contributed by atoms with Crippen LogP contribution in [0.25, 0.3) is 10.9 Å². The Balaban J connectivity index is 1.71. The van der Waals surface area contributed by atoms with Crippen LogP contribution in [0, 0.1) is 5.82 Å². The number of aliphatic imine (C=N–C) groups is 1. The van der Waals surface area contributed by atoms with Gasteiger partial charge >= 0.3 is 0 Å². The average molecular weight is 334 g/mol. The molecule has 1 aromatic carbocycles. The first-order chi connectivity index (χ1) is 11.7. The summed E-state index contributed by atoms with van der Waals surface area (Å²) in [6, 6.07) is 4.83. The van der Waals surface area contributed by atoms with E-state index < -0.39 is 0 Å². The van der Waals surface area contributed by atoms with Crippen LogP contribution < -0.4 is 10.6 Å². The fourth-order valence-corrected chi connectivity index (χ4v) is 2.49. The molecular weight excluding hydrogens is 307 g/mol. The SMILES string of the molecule is CCCCOCCNC(=NC)NCCc1c[nH]c2cc(F)ccc12. The van der Waals surface area contributed by atoms with Crippen molar-refractivity contribution in [2.24, 2.45) is 4.99 Å². The van der Waals surface area contributed by atoms with Crippen LogP contribution in [0.4, 0.5) is 4.39 Å². The van der Waals surface area contributed by atoms with E-state index in [2.05, 4.69) is 27.5 Å². The van der Waals surface area contributed by atoms with Crippen molar-refractivity contribution in [3.8, 4) is 0 Å². The van der Waals surface area contributed by atoms with Gasteiger partial charge in [-0.15, -0.1) is 0 Å². The Bertz CT molecular complexity index is 654. The molecule has 0 bridgehead atoms. The lowest BCUT2D eigenvalue weighted by atomic mass is 10.1. The standard InChI is InChI=1S/C18H27FN4O/c1-3-4-10-24-11-9-22-18(20-2)21-8-7-14-13-23-17-12-15(19)5-6-16(14)17/h5-6,12-13,23H,3-4,7-11H2,1-2H3,(H2,20,21,22). The highest BCUT2D eigenvalue weighted by Crippen LogP contribution is 2.19. The molecule has 0 aliphatic carbocycles. The van der Waals surface area contributed by atoms with Crippen LogP contribution in [0.15, 0.2) is 29.4 Å². The second-order valence-electron chi connectivity index (χ2n) is 5.65. The van der Waals surface area contributed by atoms with Gasteiger partial charge in [0.05, 0.1) is 6.61 Å². The smallest absolute Gasteiger partial charge is 0.191 e. The number of rotatable bonds is 9. The summed E-state index contributed by atoms with van der Waals surface area (Å²) in [6.45, 7) is 5.12. The first-order valence-corrected chi connectivity index (χ1v) is 8.52. The molecule has 6 heteroatoms. The molecule has 0 saturated heterocycles. The maximum Gasteiger partial charge on any atom is 0.191 e. The number of H-pyrrole nitrogens is 1. The van der Waals surface area contributed by atoms with E-state index >= 15 is 0 Å². The Morgan fingerprint density at radius 1 is 1.25 bits per heavy atom. The van der Waals surface area contributed by atoms with E-state index in [9.17, 15) is 4.39 Å². The van der Waals surface area contributed by atoms with E-state index in [1.54, 1.807) is 7.05 Å². The third-order valence-corrected chi connectivity index (χ3v) is 3.82. The number of halogens is 1. The molecule has 0 aliphatic heterocycles. The summed E-state index contributed by atoms with van der Waals surface area (Å²) in [4.78, 5) is 7.31. The van der Waals surface area contributed by atoms with Gasteiger partial charge in [0.25, 0.3) is 0 Å². The Kier molecular flexibility index (Phi) is 7.55. The Morgan fingerprint density at radius 3 is 2.88 bits per heavy atom. The van der Waals surface area contributed by atoms with Crippen LogP contribution in [-0.4, -0.2) is 44.3 Å². The molecule has 0 radical (unpaired) electrons. The number of guanidine groups is 1. The number of hydrogen-bond donors (Lipinski definition) is 3. The van der Waals surface area contributed by atoms with Crippen LogP contribution in [0.3, 0.4) is 0 Å². The molecule has 132 valence electrons. The van der Waals surface area contributed by atoms with Crippen molar-refractivity contribution in [2.75, 3.05) is 33.4 Å². The Hall–Kier alpha value is -2.08. The molecule has 0 atom stereocenters. The van der Waals surface area contributed by atoms with Crippen molar-refractivity contribution in [1.82, 2.24) is 15.6 Å². The Labute approximate surface area is 142 Å². The zero-order valence-electron chi connectivity index (χ0n) is 14.5. The van der Waals surface area contributed by atoms with Gasteiger partial charge in [0, 0.05) is 43.8 Å². The van der Waals surface area contributed by atoms with Crippen molar-refractivity contribution in [1.29, 1.82) is 0 Å². The van der Waals surface area contributed by atoms with Crippen LogP contribution in [0.2, 0.25) is 0 Å². The van der Waals surface area contributed by atoms with Crippen molar-refractivity contribution in [3.63, 3.8) is 0 Å². The van der Waals surface area contributed by atoms with Crippen LogP contribution in [0.5, 0.6) is 0 Å². The molecule has 2 rings (SSSR count). The zero-order chi connectivity index (χ0) is 17.2. The minimum atomic E-state index is -0.222. The zero-order valence-corrected chi connectivity index (χ0v) is 14.5. The molecule has 2 aromatic rings. The van der Waals surface area contributed by atoms with Crippen LogP contribution in [-0.2, 0) is 11.2 Å². The fraction of sp³-hybridized carbons (Fsp3) is 0.500. The minimum absolute atomic E-state index is 0.222. The first kappa shape index (κ1) is 18.3. The number of unbranched alkanes of at least 4 members (excludes halogenated alkanes) is 1. The number of benzene rings is 1. The van der Waals surface area contributed by atoms with E-state index in [-0.39, 0.29) is 5.82 Å². The summed E-state index contributed by atoms with van der Waals surface area (Å²) >= 11 is 0. The van der Waals surface area contributed by atoms with Gasteiger partial charge in [0.15, 0.2) is 5.96 Å². The minimum Gasteiger partial charge on any atom is -0.380 e. The van der Waals surface area contributed by atoms with Gasteiger partial charge in [-0.05, 0) is 36.6 Å². The molecule has 0 fully saturated rings. The third-order valence-electron chi connectivity index (χ3n) is 3.82. The fourth-order valence-electron chi connectivity index (χ4n) is 2.49. The van der Waals surface area contributed by atoms with Gasteiger partial charge in [-0.25, -0.2) is 4.39 Å². The third kappa shape index (κ3) is 5.53. The van der Waals surface area contributed by atoms with Gasteiger partial charge in [-0.2, -0.15) is 0 Å². The van der Waals surface area contributed by atoms with Gasteiger partial charge in [-0.3, -0.25) is 4.99 Å². The molecule has 3 N–H and O–H groups in total. The van der Waals surface area contributed by atoms with Crippen LogP contribution in [0.1, 0.15) is 25.3 Å². The molecule has 0 unspecified atom stereocenters. The largest absolute Gasteiger partial charge is 0.380 e. The molecule has 1 aromatic heterocycles. The summed E-state index contributed by atoms with van der Waals surface area (Å²) < 4.78 is 18.7. The van der Waals surface area contributed by atoms with Crippen molar-refractivity contribution in [3.05, 3.63) is 35.8 Å². The van der Waals surface area contributed by atoms with Gasteiger partial charge in [0.2, 0.25) is 0 Å². The van der Waals surface area contributed by atoms with E-state index in [0.717, 1.165) is 61.4 Å². The van der Waals surface area contributed by atoms with Crippen molar-refractivity contribution < 1.29 is 9.13 Å². The second kappa shape index (κ2) is 9.93. The van der Waals surface area contributed by atoms with E-state index in [1.807, 2.05) is 12.3 Å². The number of hydrogen-bond acceptors (Lipinski definition) is 2. The molecule has 0 saturated carbocycles. The highest BCUT2D eigenvalue weighted by Gasteiger charge is 2.05. The van der Waals surface area contributed by atoms with Gasteiger partial charge < -0.3 is 20.4 Å². The number of nitrogens with one attached hydrogen (secondary N) is 3. The molecule has 5 nitrogen and oxygen atoms in total. The normalized spacial score (nSPS) is 11.9. The lowest BCUT2D eigenvalue weighted by Gasteiger charge is -2.11. The Morgan fingerprint density at radius 2 is 2.08 bits per heavy atom. The van der Waals surface area contributed by atoms with Crippen molar-refractivity contribution in [2.45, 2.75) is 26.2 Å².